The molecule has 0 bridgehead atoms. The number of carbonyl (C=O) groups is 1. The third-order valence-corrected chi connectivity index (χ3v) is 1.86. The molecule has 0 aliphatic carbocycles. The number of amides is 1. The van der Waals surface area contributed by atoms with Crippen LogP contribution in [0.2, 0.25) is 0 Å². The Balaban J connectivity index is 3.20. The van der Waals surface area contributed by atoms with Crippen LogP contribution in [0, 0.1) is 0 Å². The Kier molecular flexibility index (Phi) is 3.82. The summed E-state index contributed by atoms with van der Waals surface area (Å²) in [6.45, 7) is 0. The van der Waals surface area contributed by atoms with Gasteiger partial charge in [-0.1, -0.05) is 0 Å². The lowest BCUT2D eigenvalue weighted by Crippen LogP contribution is -2.16. The van der Waals surface area contributed by atoms with Crippen LogP contribution in [-0.4, -0.2) is 27.4 Å². The molecule has 0 aromatic heterocycles. The van der Waals surface area contributed by atoms with E-state index in [-0.39, 0.29) is 5.75 Å². The van der Waals surface area contributed by atoms with Crippen LogP contribution in [0.4, 0.5) is 4.79 Å². The average molecular weight is 227 g/mol. The first-order valence-corrected chi connectivity index (χ1v) is 4.39. The molecule has 0 atom stereocenters. The van der Waals surface area contributed by atoms with Crippen molar-refractivity contribution >= 4 is 6.09 Å². The van der Waals surface area contributed by atoms with Crippen LogP contribution in [0.1, 0.15) is 0 Å². The number of methoxy groups -OCH3 is 3. The molecule has 0 saturated carbocycles. The van der Waals surface area contributed by atoms with Crippen molar-refractivity contribution in [2.24, 2.45) is 5.73 Å². The highest BCUT2D eigenvalue weighted by Gasteiger charge is 2.14. The molecule has 6 nitrogen and oxygen atoms in total. The van der Waals surface area contributed by atoms with Gasteiger partial charge in [-0.2, -0.15) is 0 Å². The first-order valence-electron chi connectivity index (χ1n) is 4.39. The van der Waals surface area contributed by atoms with Crippen LogP contribution in [0.3, 0.4) is 0 Å². The van der Waals surface area contributed by atoms with Crippen molar-refractivity contribution in [3.63, 3.8) is 0 Å². The third kappa shape index (κ3) is 2.47. The van der Waals surface area contributed by atoms with Crippen molar-refractivity contribution in [3.05, 3.63) is 12.1 Å². The number of primary amides is 1. The van der Waals surface area contributed by atoms with E-state index in [0.717, 1.165) is 0 Å². The van der Waals surface area contributed by atoms with Crippen LogP contribution in [0.5, 0.6) is 23.0 Å². The van der Waals surface area contributed by atoms with Crippen molar-refractivity contribution in [2.75, 3.05) is 21.3 Å². The van der Waals surface area contributed by atoms with Gasteiger partial charge in [-0.05, 0) is 0 Å². The smallest absolute Gasteiger partial charge is 0.409 e. The van der Waals surface area contributed by atoms with Crippen molar-refractivity contribution in [3.8, 4) is 23.0 Å². The number of nitrogens with two attached hydrogens (primary N) is 1. The van der Waals surface area contributed by atoms with Gasteiger partial charge in [0.2, 0.25) is 5.75 Å². The fraction of sp³-hybridized carbons (Fsp3) is 0.300. The zero-order valence-corrected chi connectivity index (χ0v) is 9.27. The maximum absolute atomic E-state index is 10.6. The van der Waals surface area contributed by atoms with Crippen LogP contribution in [-0.2, 0) is 0 Å². The Hall–Kier alpha value is -2.11. The summed E-state index contributed by atoms with van der Waals surface area (Å²) in [7, 11) is 4.41. The zero-order chi connectivity index (χ0) is 12.1. The van der Waals surface area contributed by atoms with Gasteiger partial charge in [0.15, 0.2) is 11.5 Å². The molecule has 1 amide bonds. The Morgan fingerprint density at radius 3 is 1.88 bits per heavy atom. The number of hydrogen-bond donors (Lipinski definition) is 1. The second kappa shape index (κ2) is 5.11. The van der Waals surface area contributed by atoms with E-state index < -0.39 is 6.09 Å². The van der Waals surface area contributed by atoms with Gasteiger partial charge in [0.1, 0.15) is 5.75 Å². The third-order valence-electron chi connectivity index (χ3n) is 1.86. The summed E-state index contributed by atoms with van der Waals surface area (Å²) in [6.07, 6.45) is -0.908. The number of hydrogen-bond acceptors (Lipinski definition) is 5. The molecule has 1 aromatic carbocycles. The van der Waals surface area contributed by atoms with Gasteiger partial charge >= 0.3 is 6.09 Å². The summed E-state index contributed by atoms with van der Waals surface area (Å²) < 4.78 is 19.9. The quantitative estimate of drug-likeness (QED) is 0.835. The summed E-state index contributed by atoms with van der Waals surface area (Å²) in [4.78, 5) is 10.6. The van der Waals surface area contributed by atoms with Gasteiger partial charge in [0, 0.05) is 12.1 Å². The lowest BCUT2D eigenvalue weighted by molar-refractivity contribution is 0.210. The minimum Gasteiger partial charge on any atom is -0.493 e. The van der Waals surface area contributed by atoms with E-state index >= 15 is 0 Å². The number of ether oxygens (including phenoxy) is 4. The molecule has 0 aliphatic rings. The molecule has 1 aromatic rings. The van der Waals surface area contributed by atoms with Gasteiger partial charge in [-0.15, -0.1) is 0 Å². The highest BCUT2D eigenvalue weighted by Crippen LogP contribution is 2.40. The fourth-order valence-corrected chi connectivity index (χ4v) is 1.23. The second-order valence-electron chi connectivity index (χ2n) is 2.78. The summed E-state index contributed by atoms with van der Waals surface area (Å²) in [5.41, 5.74) is 4.90. The van der Waals surface area contributed by atoms with Crippen LogP contribution in [0.15, 0.2) is 12.1 Å². The van der Waals surface area contributed by atoms with Gasteiger partial charge < -0.3 is 24.7 Å². The lowest BCUT2D eigenvalue weighted by atomic mass is 10.2. The summed E-state index contributed by atoms with van der Waals surface area (Å²) in [5, 5.41) is 0. The minimum atomic E-state index is -0.908. The monoisotopic (exact) mass is 227 g/mol. The van der Waals surface area contributed by atoms with E-state index in [1.807, 2.05) is 0 Å². The Labute approximate surface area is 92.8 Å². The first kappa shape index (κ1) is 12.0. The molecule has 0 fully saturated rings. The molecule has 88 valence electrons. The molecule has 0 spiro atoms. The topological polar surface area (TPSA) is 80.0 Å². The predicted molar refractivity (Wildman–Crippen MR) is 56.3 cm³/mol. The van der Waals surface area contributed by atoms with Gasteiger partial charge in [-0.3, -0.25) is 0 Å². The Morgan fingerprint density at radius 1 is 1.06 bits per heavy atom. The molecule has 2 N–H and O–H groups in total. The molecule has 6 heteroatoms. The Morgan fingerprint density at radius 2 is 1.56 bits per heavy atom. The second-order valence-corrected chi connectivity index (χ2v) is 2.78. The van der Waals surface area contributed by atoms with Gasteiger partial charge in [0.05, 0.1) is 21.3 Å². The molecular formula is C10H13NO5. The van der Waals surface area contributed by atoms with E-state index in [1.165, 1.54) is 33.5 Å². The minimum absolute atomic E-state index is 0.224. The van der Waals surface area contributed by atoms with Gasteiger partial charge in [-0.25, -0.2) is 4.79 Å². The largest absolute Gasteiger partial charge is 0.493 e. The van der Waals surface area contributed by atoms with E-state index in [4.69, 9.17) is 24.7 Å². The van der Waals surface area contributed by atoms with Crippen molar-refractivity contribution in [1.82, 2.24) is 0 Å². The summed E-state index contributed by atoms with van der Waals surface area (Å²) in [6, 6.07) is 2.96. The summed E-state index contributed by atoms with van der Waals surface area (Å²) in [5.74, 6) is 1.42. The van der Waals surface area contributed by atoms with Crippen LogP contribution in [0.25, 0.3) is 0 Å². The molecular weight excluding hydrogens is 214 g/mol. The van der Waals surface area contributed by atoms with Crippen molar-refractivity contribution in [2.45, 2.75) is 0 Å². The molecule has 16 heavy (non-hydrogen) atoms. The maximum Gasteiger partial charge on any atom is 0.409 e. The Bertz CT molecular complexity index is 366. The fourth-order valence-electron chi connectivity index (χ4n) is 1.23. The number of carbonyl (C=O) groups excluding carboxylic acids is 1. The van der Waals surface area contributed by atoms with Crippen molar-refractivity contribution in [1.29, 1.82) is 0 Å². The molecule has 1 rings (SSSR count). The molecule has 0 unspecified atom stereocenters. The first-order chi connectivity index (χ1) is 7.62. The summed E-state index contributed by atoms with van der Waals surface area (Å²) >= 11 is 0. The van der Waals surface area contributed by atoms with E-state index in [0.29, 0.717) is 17.2 Å². The van der Waals surface area contributed by atoms with Crippen LogP contribution < -0.4 is 24.7 Å². The molecule has 0 saturated heterocycles. The van der Waals surface area contributed by atoms with Crippen molar-refractivity contribution < 1.29 is 23.7 Å². The normalized spacial score (nSPS) is 9.44. The molecule has 0 radical (unpaired) electrons. The lowest BCUT2D eigenvalue weighted by Gasteiger charge is -2.13. The molecule has 0 heterocycles. The van der Waals surface area contributed by atoms with E-state index in [2.05, 4.69) is 0 Å². The van der Waals surface area contributed by atoms with E-state index in [9.17, 15) is 4.79 Å². The number of benzene rings is 1. The zero-order valence-electron chi connectivity index (χ0n) is 9.27. The standard InChI is InChI=1S/C10H13NO5/c1-13-7-4-6(16-10(11)12)5-8(14-2)9(7)15-3/h4-5H,1-3H3,(H2,11,12). The maximum atomic E-state index is 10.6. The predicted octanol–water partition coefficient (Wildman–Crippen LogP) is 1.17. The van der Waals surface area contributed by atoms with E-state index in [1.54, 1.807) is 0 Å². The molecule has 0 aliphatic heterocycles. The average Bonchev–Trinajstić information content (AvgIpc) is 2.26. The highest BCUT2D eigenvalue weighted by atomic mass is 16.6. The highest BCUT2D eigenvalue weighted by molar-refractivity contribution is 5.69. The van der Waals surface area contributed by atoms with Gasteiger partial charge in [0.25, 0.3) is 0 Å². The van der Waals surface area contributed by atoms with Crippen LogP contribution >= 0.6 is 0 Å². The SMILES string of the molecule is COc1cc(OC(N)=O)cc(OC)c1OC. The number of rotatable bonds is 4.